The molecule has 5 heteroatoms. The van der Waals surface area contributed by atoms with E-state index in [2.05, 4.69) is 28.1 Å². The Bertz CT molecular complexity index is 420. The molecule has 2 N–H and O–H groups in total. The number of rotatable bonds is 7. The first-order valence-corrected chi connectivity index (χ1v) is 7.52. The summed E-state index contributed by atoms with van der Waals surface area (Å²) >= 11 is 0. The number of aliphatic imine (C=N–C) groups is 1. The van der Waals surface area contributed by atoms with Crippen LogP contribution in [-0.2, 0) is 6.54 Å². The lowest BCUT2D eigenvalue weighted by Crippen LogP contribution is -2.29. The number of ether oxygens (including phenoxy) is 1. The first-order valence-electron chi connectivity index (χ1n) is 7.52. The summed E-state index contributed by atoms with van der Waals surface area (Å²) in [5.41, 5.74) is 6.53. The molecule has 0 aromatic heterocycles. The van der Waals surface area contributed by atoms with E-state index in [1.165, 1.54) is 44.3 Å². The zero-order valence-corrected chi connectivity index (χ0v) is 13.4. The number of hydrogen-bond donors (Lipinski definition) is 1. The second-order valence-corrected chi connectivity index (χ2v) is 5.24. The SMILES string of the molecule is Cl.N/C=N\CCCOc1cccc(CN2CCCCC2)c1. The van der Waals surface area contributed by atoms with Crippen LogP contribution in [0.4, 0.5) is 0 Å². The highest BCUT2D eigenvalue weighted by Crippen LogP contribution is 2.17. The molecule has 0 aliphatic carbocycles. The summed E-state index contributed by atoms with van der Waals surface area (Å²) in [5.74, 6) is 0.955. The number of piperidine rings is 1. The van der Waals surface area contributed by atoms with Gasteiger partial charge in [0.05, 0.1) is 12.9 Å². The minimum Gasteiger partial charge on any atom is -0.494 e. The maximum Gasteiger partial charge on any atom is 0.119 e. The largest absolute Gasteiger partial charge is 0.494 e. The molecule has 2 rings (SSSR count). The van der Waals surface area contributed by atoms with Crippen molar-refractivity contribution in [2.75, 3.05) is 26.2 Å². The van der Waals surface area contributed by atoms with Gasteiger partial charge in [0, 0.05) is 19.5 Å². The Labute approximate surface area is 133 Å². The van der Waals surface area contributed by atoms with Crippen molar-refractivity contribution in [3.8, 4) is 5.75 Å². The molecular formula is C16H26ClN3O. The Morgan fingerprint density at radius 2 is 2.05 bits per heavy atom. The van der Waals surface area contributed by atoms with Crippen LogP contribution in [0.5, 0.6) is 5.75 Å². The standard InChI is InChI=1S/C16H25N3O.ClH/c17-14-18-8-5-11-20-16-7-4-6-15(12-16)13-19-9-2-1-3-10-19;/h4,6-7,12,14H,1-3,5,8-11,13H2,(H2,17,18);1H. The van der Waals surface area contributed by atoms with Gasteiger partial charge >= 0.3 is 0 Å². The molecule has 1 aliphatic heterocycles. The van der Waals surface area contributed by atoms with E-state index < -0.39 is 0 Å². The van der Waals surface area contributed by atoms with Gasteiger partial charge in [0.1, 0.15) is 5.75 Å². The Hall–Kier alpha value is -1.26. The first kappa shape index (κ1) is 17.8. The van der Waals surface area contributed by atoms with Crippen molar-refractivity contribution in [3.63, 3.8) is 0 Å². The molecule has 0 spiro atoms. The van der Waals surface area contributed by atoms with Gasteiger partial charge in [0.15, 0.2) is 0 Å². The maximum atomic E-state index is 5.75. The van der Waals surface area contributed by atoms with Crippen molar-refractivity contribution in [1.29, 1.82) is 0 Å². The van der Waals surface area contributed by atoms with Crippen molar-refractivity contribution in [3.05, 3.63) is 29.8 Å². The molecule has 21 heavy (non-hydrogen) atoms. The average molecular weight is 312 g/mol. The van der Waals surface area contributed by atoms with Gasteiger partial charge in [-0.1, -0.05) is 18.6 Å². The first-order chi connectivity index (χ1) is 9.88. The van der Waals surface area contributed by atoms with Crippen molar-refractivity contribution < 1.29 is 4.74 Å². The highest BCUT2D eigenvalue weighted by atomic mass is 35.5. The van der Waals surface area contributed by atoms with E-state index in [0.29, 0.717) is 6.61 Å². The summed E-state index contributed by atoms with van der Waals surface area (Å²) in [4.78, 5) is 6.49. The third kappa shape index (κ3) is 6.82. The lowest BCUT2D eigenvalue weighted by molar-refractivity contribution is 0.220. The normalized spacial score (nSPS) is 15.8. The smallest absolute Gasteiger partial charge is 0.119 e. The van der Waals surface area contributed by atoms with Crippen molar-refractivity contribution in [2.24, 2.45) is 10.7 Å². The summed E-state index contributed by atoms with van der Waals surface area (Å²) in [6.07, 6.45) is 6.28. The van der Waals surface area contributed by atoms with Crippen LogP contribution in [0.25, 0.3) is 0 Å². The van der Waals surface area contributed by atoms with Crippen LogP contribution in [0.1, 0.15) is 31.2 Å². The molecule has 0 saturated carbocycles. The van der Waals surface area contributed by atoms with Gasteiger partial charge in [-0.15, -0.1) is 12.4 Å². The summed E-state index contributed by atoms with van der Waals surface area (Å²) in [5, 5.41) is 0. The molecule has 0 radical (unpaired) electrons. The Morgan fingerprint density at radius 3 is 2.81 bits per heavy atom. The van der Waals surface area contributed by atoms with Gasteiger partial charge < -0.3 is 10.5 Å². The van der Waals surface area contributed by atoms with Crippen LogP contribution < -0.4 is 10.5 Å². The Balaban J connectivity index is 0.00000220. The van der Waals surface area contributed by atoms with E-state index in [1.54, 1.807) is 0 Å². The van der Waals surface area contributed by atoms with Crippen LogP contribution in [-0.4, -0.2) is 37.5 Å². The molecule has 0 unspecified atom stereocenters. The van der Waals surface area contributed by atoms with Gasteiger partial charge in [-0.3, -0.25) is 9.89 Å². The van der Waals surface area contributed by atoms with Crippen molar-refractivity contribution >= 4 is 18.7 Å². The highest BCUT2D eigenvalue weighted by Gasteiger charge is 2.10. The molecule has 118 valence electrons. The molecule has 0 atom stereocenters. The third-order valence-electron chi connectivity index (χ3n) is 3.56. The van der Waals surface area contributed by atoms with E-state index in [1.807, 2.05) is 6.07 Å². The van der Waals surface area contributed by atoms with Gasteiger partial charge in [-0.25, -0.2) is 0 Å². The lowest BCUT2D eigenvalue weighted by atomic mass is 10.1. The van der Waals surface area contributed by atoms with Crippen molar-refractivity contribution in [1.82, 2.24) is 4.90 Å². The molecule has 1 aromatic rings. The topological polar surface area (TPSA) is 50.9 Å². The molecule has 1 aromatic carbocycles. The van der Waals surface area contributed by atoms with E-state index in [-0.39, 0.29) is 12.4 Å². The molecule has 1 heterocycles. The minimum atomic E-state index is 0. The van der Waals surface area contributed by atoms with Gasteiger partial charge in [-0.05, 0) is 43.6 Å². The number of likely N-dealkylation sites (tertiary alicyclic amines) is 1. The van der Waals surface area contributed by atoms with E-state index in [0.717, 1.165) is 25.3 Å². The van der Waals surface area contributed by atoms with Crippen LogP contribution in [0, 0.1) is 0 Å². The molecule has 4 nitrogen and oxygen atoms in total. The zero-order valence-electron chi connectivity index (χ0n) is 12.5. The van der Waals surface area contributed by atoms with Crippen LogP contribution >= 0.6 is 12.4 Å². The summed E-state index contributed by atoms with van der Waals surface area (Å²) in [6, 6.07) is 8.43. The molecule has 1 aliphatic rings. The summed E-state index contributed by atoms with van der Waals surface area (Å²) < 4.78 is 5.75. The Morgan fingerprint density at radius 1 is 1.24 bits per heavy atom. The predicted molar refractivity (Wildman–Crippen MR) is 90.5 cm³/mol. The van der Waals surface area contributed by atoms with E-state index in [4.69, 9.17) is 10.5 Å². The van der Waals surface area contributed by atoms with E-state index >= 15 is 0 Å². The summed E-state index contributed by atoms with van der Waals surface area (Å²) in [6.45, 7) is 4.90. The third-order valence-corrected chi connectivity index (χ3v) is 3.56. The second-order valence-electron chi connectivity index (χ2n) is 5.24. The molecule has 1 saturated heterocycles. The number of nitrogens with two attached hydrogens (primary N) is 1. The molecule has 0 bridgehead atoms. The highest BCUT2D eigenvalue weighted by molar-refractivity contribution is 5.85. The Kier molecular flexibility index (Phi) is 8.87. The fourth-order valence-electron chi connectivity index (χ4n) is 2.53. The number of benzene rings is 1. The number of halogens is 1. The van der Waals surface area contributed by atoms with Gasteiger partial charge in [0.25, 0.3) is 0 Å². The monoisotopic (exact) mass is 311 g/mol. The lowest BCUT2D eigenvalue weighted by Gasteiger charge is -2.26. The second kappa shape index (κ2) is 10.5. The van der Waals surface area contributed by atoms with Crippen molar-refractivity contribution in [2.45, 2.75) is 32.2 Å². The van der Waals surface area contributed by atoms with Crippen LogP contribution in [0.15, 0.2) is 29.3 Å². The predicted octanol–water partition coefficient (Wildman–Crippen LogP) is 2.85. The zero-order chi connectivity index (χ0) is 14.0. The van der Waals surface area contributed by atoms with E-state index in [9.17, 15) is 0 Å². The number of nitrogens with zero attached hydrogens (tertiary/aromatic N) is 2. The maximum absolute atomic E-state index is 5.75. The molecule has 1 fully saturated rings. The fraction of sp³-hybridized carbons (Fsp3) is 0.562. The van der Waals surface area contributed by atoms with Crippen LogP contribution in [0.2, 0.25) is 0 Å². The van der Waals surface area contributed by atoms with Gasteiger partial charge in [0.2, 0.25) is 0 Å². The number of hydrogen-bond acceptors (Lipinski definition) is 3. The summed E-state index contributed by atoms with van der Waals surface area (Å²) in [7, 11) is 0. The van der Waals surface area contributed by atoms with Crippen LogP contribution in [0.3, 0.4) is 0 Å². The minimum absolute atomic E-state index is 0. The average Bonchev–Trinajstić information content (AvgIpc) is 2.48. The molecule has 0 amide bonds. The van der Waals surface area contributed by atoms with Gasteiger partial charge in [-0.2, -0.15) is 0 Å². The fourth-order valence-corrected chi connectivity index (χ4v) is 2.53. The molecular weight excluding hydrogens is 286 g/mol. The quantitative estimate of drug-likeness (QED) is 0.478.